The molecule has 5 heteroatoms. The molecule has 0 radical (unpaired) electrons. The smallest absolute Gasteiger partial charge is 0.196 e. The molecular weight excluding hydrogens is 272 g/mol. The molecule has 0 heterocycles. The Labute approximate surface area is 113 Å². The third kappa shape index (κ3) is 2.58. The summed E-state index contributed by atoms with van der Waals surface area (Å²) in [5.41, 5.74) is 5.76. The molecule has 0 aliphatic rings. The minimum Gasteiger partial charge on any atom is -0.398 e. The van der Waals surface area contributed by atoms with E-state index in [0.29, 0.717) is 5.02 Å². The van der Waals surface area contributed by atoms with Gasteiger partial charge in [-0.05, 0) is 42.8 Å². The maximum Gasteiger partial charge on any atom is 0.196 e. The number of nitrogens with two attached hydrogens (primary N) is 1. The highest BCUT2D eigenvalue weighted by Gasteiger charge is 2.17. The zero-order valence-electron chi connectivity index (χ0n) is 10.0. The summed E-state index contributed by atoms with van der Waals surface area (Å²) in [4.78, 5) is 12.1. The first-order valence-electron chi connectivity index (χ1n) is 5.45. The Morgan fingerprint density at radius 2 is 1.84 bits per heavy atom. The minimum atomic E-state index is -0.766. The molecule has 2 aromatic carbocycles. The third-order valence-electron chi connectivity index (χ3n) is 2.75. The van der Waals surface area contributed by atoms with E-state index in [1.165, 1.54) is 25.1 Å². The number of hydrogen-bond donors (Lipinski definition) is 1. The molecule has 0 fully saturated rings. The fourth-order valence-electron chi connectivity index (χ4n) is 1.66. The Kier molecular flexibility index (Phi) is 3.53. The lowest BCUT2D eigenvalue weighted by Crippen LogP contribution is -2.06. The average molecular weight is 282 g/mol. The molecule has 0 unspecified atom stereocenters. The molecule has 0 bridgehead atoms. The summed E-state index contributed by atoms with van der Waals surface area (Å²) in [5.74, 6) is -2.04. The number of carbonyl (C=O) groups is 1. The van der Waals surface area contributed by atoms with Crippen molar-refractivity contribution in [2.24, 2.45) is 0 Å². The molecular formula is C14H10ClF2NO. The second-order valence-electron chi connectivity index (χ2n) is 4.15. The lowest BCUT2D eigenvalue weighted by Gasteiger charge is -2.06. The van der Waals surface area contributed by atoms with Gasteiger partial charge in [-0.3, -0.25) is 4.79 Å². The van der Waals surface area contributed by atoms with Crippen molar-refractivity contribution in [2.45, 2.75) is 6.92 Å². The highest BCUT2D eigenvalue weighted by molar-refractivity contribution is 6.33. The second-order valence-corrected chi connectivity index (χ2v) is 4.55. The van der Waals surface area contributed by atoms with E-state index in [-0.39, 0.29) is 22.4 Å². The summed E-state index contributed by atoms with van der Waals surface area (Å²) < 4.78 is 27.1. The van der Waals surface area contributed by atoms with Gasteiger partial charge in [-0.2, -0.15) is 0 Å². The van der Waals surface area contributed by atoms with E-state index in [1.807, 2.05) is 0 Å². The van der Waals surface area contributed by atoms with Crippen LogP contribution in [0.4, 0.5) is 14.5 Å². The van der Waals surface area contributed by atoms with Crippen LogP contribution in [0.5, 0.6) is 0 Å². The number of halogens is 3. The molecule has 0 aliphatic heterocycles. The van der Waals surface area contributed by atoms with E-state index in [2.05, 4.69) is 0 Å². The predicted molar refractivity (Wildman–Crippen MR) is 70.4 cm³/mol. The van der Waals surface area contributed by atoms with E-state index in [0.717, 1.165) is 12.1 Å². The molecule has 0 spiro atoms. The Morgan fingerprint density at radius 1 is 1.16 bits per heavy atom. The van der Waals surface area contributed by atoms with E-state index in [4.69, 9.17) is 17.3 Å². The van der Waals surface area contributed by atoms with Crippen LogP contribution in [0.15, 0.2) is 30.3 Å². The van der Waals surface area contributed by atoms with Crippen LogP contribution in [-0.2, 0) is 0 Å². The lowest BCUT2D eigenvalue weighted by atomic mass is 10.0. The van der Waals surface area contributed by atoms with E-state index < -0.39 is 17.4 Å². The van der Waals surface area contributed by atoms with Crippen LogP contribution in [0.25, 0.3) is 0 Å². The van der Waals surface area contributed by atoms with Crippen molar-refractivity contribution in [3.63, 3.8) is 0 Å². The largest absolute Gasteiger partial charge is 0.398 e. The third-order valence-corrected chi connectivity index (χ3v) is 3.10. The van der Waals surface area contributed by atoms with Gasteiger partial charge in [-0.25, -0.2) is 8.78 Å². The number of carbonyl (C=O) groups excluding carboxylic acids is 1. The molecule has 0 saturated carbocycles. The van der Waals surface area contributed by atoms with E-state index in [1.54, 1.807) is 0 Å². The first-order chi connectivity index (χ1) is 8.90. The van der Waals surface area contributed by atoms with Gasteiger partial charge >= 0.3 is 0 Å². The summed E-state index contributed by atoms with van der Waals surface area (Å²) in [6.07, 6.45) is 0. The van der Waals surface area contributed by atoms with Crippen LogP contribution in [0.3, 0.4) is 0 Å². The second kappa shape index (κ2) is 4.97. The van der Waals surface area contributed by atoms with Gasteiger partial charge in [0.2, 0.25) is 0 Å². The SMILES string of the molecule is Cc1cc(F)c(C(=O)c2ccc(Cl)c(N)c2)cc1F. The Hall–Kier alpha value is -1.94. The molecule has 2 N–H and O–H groups in total. The molecule has 0 amide bonds. The number of rotatable bonds is 2. The molecule has 0 saturated heterocycles. The van der Waals surface area contributed by atoms with Crippen molar-refractivity contribution in [1.29, 1.82) is 0 Å². The first-order valence-corrected chi connectivity index (χ1v) is 5.83. The van der Waals surface area contributed by atoms with Crippen LogP contribution < -0.4 is 5.73 Å². The summed E-state index contributed by atoms with van der Waals surface area (Å²) in [7, 11) is 0. The topological polar surface area (TPSA) is 43.1 Å². The normalized spacial score (nSPS) is 10.5. The van der Waals surface area contributed by atoms with E-state index in [9.17, 15) is 13.6 Å². The number of nitrogen functional groups attached to an aromatic ring is 1. The Balaban J connectivity index is 2.49. The van der Waals surface area contributed by atoms with Gasteiger partial charge in [0.1, 0.15) is 11.6 Å². The minimum absolute atomic E-state index is 0.143. The van der Waals surface area contributed by atoms with Crippen LogP contribution in [0.2, 0.25) is 5.02 Å². The summed E-state index contributed by atoms with van der Waals surface area (Å²) in [6.45, 7) is 1.42. The van der Waals surface area contributed by atoms with Crippen LogP contribution in [0.1, 0.15) is 21.5 Å². The summed E-state index contributed by atoms with van der Waals surface area (Å²) >= 11 is 5.74. The lowest BCUT2D eigenvalue weighted by molar-refractivity contribution is 0.103. The highest BCUT2D eigenvalue weighted by atomic mass is 35.5. The van der Waals surface area contributed by atoms with Crippen molar-refractivity contribution in [3.8, 4) is 0 Å². The maximum absolute atomic E-state index is 13.7. The van der Waals surface area contributed by atoms with Gasteiger partial charge in [0.25, 0.3) is 0 Å². The van der Waals surface area contributed by atoms with E-state index >= 15 is 0 Å². The van der Waals surface area contributed by atoms with Crippen molar-refractivity contribution >= 4 is 23.1 Å². The number of hydrogen-bond acceptors (Lipinski definition) is 2. The van der Waals surface area contributed by atoms with Gasteiger partial charge < -0.3 is 5.73 Å². The number of aryl methyl sites for hydroxylation is 1. The van der Waals surface area contributed by atoms with Crippen molar-refractivity contribution in [3.05, 3.63) is 63.7 Å². The average Bonchev–Trinajstić information content (AvgIpc) is 2.36. The molecule has 0 aliphatic carbocycles. The number of anilines is 1. The van der Waals surface area contributed by atoms with Crippen molar-refractivity contribution in [2.75, 3.05) is 5.73 Å². The van der Waals surface area contributed by atoms with Crippen molar-refractivity contribution in [1.82, 2.24) is 0 Å². The van der Waals surface area contributed by atoms with Gasteiger partial charge in [-0.15, -0.1) is 0 Å². The fourth-order valence-corrected chi connectivity index (χ4v) is 1.78. The molecule has 0 aromatic heterocycles. The van der Waals surface area contributed by atoms with Gasteiger partial charge in [0.05, 0.1) is 16.3 Å². The number of benzene rings is 2. The zero-order chi connectivity index (χ0) is 14.2. The van der Waals surface area contributed by atoms with Crippen LogP contribution in [0, 0.1) is 18.6 Å². The molecule has 2 aromatic rings. The fraction of sp³-hybridized carbons (Fsp3) is 0.0714. The Morgan fingerprint density at radius 3 is 2.47 bits per heavy atom. The molecule has 98 valence electrons. The molecule has 19 heavy (non-hydrogen) atoms. The summed E-state index contributed by atoms with van der Waals surface area (Å²) in [5, 5.41) is 0.298. The first kappa shape index (κ1) is 13.5. The predicted octanol–water partition coefficient (Wildman–Crippen LogP) is 3.74. The van der Waals surface area contributed by atoms with Crippen LogP contribution >= 0.6 is 11.6 Å². The van der Waals surface area contributed by atoms with Crippen molar-refractivity contribution < 1.29 is 13.6 Å². The Bertz CT molecular complexity index is 671. The van der Waals surface area contributed by atoms with Gasteiger partial charge in [0, 0.05) is 5.56 Å². The maximum atomic E-state index is 13.7. The summed E-state index contributed by atoms with van der Waals surface area (Å²) in [6, 6.07) is 6.06. The molecule has 2 rings (SSSR count). The quantitative estimate of drug-likeness (QED) is 0.673. The molecule has 2 nitrogen and oxygen atoms in total. The van der Waals surface area contributed by atoms with Gasteiger partial charge in [0.15, 0.2) is 5.78 Å². The standard InChI is InChI=1S/C14H10ClF2NO/c1-7-4-12(17)9(6-11(7)16)14(19)8-2-3-10(15)13(18)5-8/h2-6H,18H2,1H3. The van der Waals surface area contributed by atoms with Gasteiger partial charge in [-0.1, -0.05) is 11.6 Å². The molecule has 0 atom stereocenters. The number of ketones is 1. The van der Waals surface area contributed by atoms with Crippen LogP contribution in [-0.4, -0.2) is 5.78 Å². The zero-order valence-corrected chi connectivity index (χ0v) is 10.8. The highest BCUT2D eigenvalue weighted by Crippen LogP contribution is 2.23. The monoisotopic (exact) mass is 281 g/mol.